The monoisotopic (exact) mass is 535 g/mol. The van der Waals surface area contributed by atoms with Crippen molar-refractivity contribution in [3.8, 4) is 5.75 Å². The number of aromatic nitrogens is 4. The first-order valence-electron chi connectivity index (χ1n) is 11.3. The van der Waals surface area contributed by atoms with Gasteiger partial charge in [0.1, 0.15) is 46.5 Å². The van der Waals surface area contributed by atoms with E-state index >= 15 is 0 Å². The number of nitrogens with one attached hydrogen (secondary N) is 1. The van der Waals surface area contributed by atoms with Crippen LogP contribution in [-0.2, 0) is 16.1 Å². The van der Waals surface area contributed by atoms with Gasteiger partial charge < -0.3 is 25.6 Å². The first-order chi connectivity index (χ1) is 16.8. The lowest BCUT2D eigenvalue weighted by atomic mass is 10.1. The first kappa shape index (κ1) is 21.8. The molecule has 1 saturated heterocycles. The van der Waals surface area contributed by atoms with Gasteiger partial charge in [0.05, 0.1) is 10.9 Å². The van der Waals surface area contributed by atoms with Crippen molar-refractivity contribution in [2.45, 2.75) is 38.4 Å². The number of rotatable bonds is 4. The maximum Gasteiger partial charge on any atom is 0.248 e. The number of benzene rings is 1. The number of piperidine rings is 1. The summed E-state index contributed by atoms with van der Waals surface area (Å²) in [6.07, 6.45) is 2.89. The van der Waals surface area contributed by atoms with Gasteiger partial charge in [0.15, 0.2) is 0 Å². The van der Waals surface area contributed by atoms with Crippen LogP contribution in [0.5, 0.6) is 5.75 Å². The maximum absolute atomic E-state index is 13.7. The molecule has 178 valence electrons. The first-order valence-corrected chi connectivity index (χ1v) is 12.1. The number of carbonyl (C=O) groups excluding carboxylic acids is 2. The third-order valence-electron chi connectivity index (χ3n) is 6.89. The van der Waals surface area contributed by atoms with Gasteiger partial charge in [0, 0.05) is 11.4 Å². The molecule has 0 spiro atoms. The van der Waals surface area contributed by atoms with Crippen molar-refractivity contribution >= 4 is 61.3 Å². The number of halogens is 1. The molecule has 35 heavy (non-hydrogen) atoms. The number of fused-ring (bicyclic) bond motifs is 4. The molecular weight excluding hydrogens is 514 g/mol. The highest BCUT2D eigenvalue weighted by atomic mass is 79.9. The van der Waals surface area contributed by atoms with Gasteiger partial charge in [-0.1, -0.05) is 6.07 Å². The molecule has 4 N–H and O–H groups in total. The Kier molecular flexibility index (Phi) is 4.92. The molecule has 2 aliphatic rings. The summed E-state index contributed by atoms with van der Waals surface area (Å²) in [7, 11) is 0. The van der Waals surface area contributed by atoms with Crippen molar-refractivity contribution in [3.05, 3.63) is 46.8 Å². The average Bonchev–Trinajstić information content (AvgIpc) is 3.34. The standard InChI is InChI=1S/C24H22BrN7O3/c1-11-5-13(33)8-14-20-22(26)27-10-28-23(20)31(21(11)14)9-19(34)32-15-6-12(15)7-16(32)24(35)30-18-4-2-3-17(25)29-18/h2-5,8,10,12,15-16,33H,6-7,9H2,1H3,(H2,26,27,28)(H,29,30,35)/t12-,15-,16+/m1/s1. The largest absolute Gasteiger partial charge is 0.508 e. The highest BCUT2D eigenvalue weighted by Crippen LogP contribution is 2.48. The third-order valence-corrected chi connectivity index (χ3v) is 7.33. The van der Waals surface area contributed by atoms with Crippen LogP contribution in [0.25, 0.3) is 21.9 Å². The van der Waals surface area contributed by atoms with E-state index < -0.39 is 6.04 Å². The van der Waals surface area contributed by atoms with E-state index in [4.69, 9.17) is 5.73 Å². The zero-order valence-electron chi connectivity index (χ0n) is 18.8. The van der Waals surface area contributed by atoms with E-state index in [1.165, 1.54) is 6.33 Å². The SMILES string of the molecule is Cc1cc(O)cc2c3c(N)ncnc3n(CC(=O)N3[C@@H]4C[C@@H]4C[C@H]3C(=O)Nc3cccc(Br)n3)c12. The fraction of sp³-hybridized carbons (Fsp3) is 0.292. The minimum atomic E-state index is -0.565. The van der Waals surface area contributed by atoms with Crippen LogP contribution in [0.1, 0.15) is 18.4 Å². The molecule has 6 rings (SSSR count). The molecule has 0 unspecified atom stereocenters. The number of anilines is 2. The Morgan fingerprint density at radius 3 is 2.89 bits per heavy atom. The van der Waals surface area contributed by atoms with E-state index in [1.54, 1.807) is 39.8 Å². The normalized spacial score (nSPS) is 20.9. The number of hydrogen-bond acceptors (Lipinski definition) is 7. The summed E-state index contributed by atoms with van der Waals surface area (Å²) in [4.78, 5) is 41.3. The molecule has 1 aliphatic carbocycles. The number of amides is 2. The van der Waals surface area contributed by atoms with Crippen LogP contribution in [0.15, 0.2) is 41.3 Å². The zero-order chi connectivity index (χ0) is 24.4. The van der Waals surface area contributed by atoms with Crippen LogP contribution in [-0.4, -0.2) is 53.4 Å². The number of nitrogens with zero attached hydrogens (tertiary/aromatic N) is 5. The Hall–Kier alpha value is -3.73. The van der Waals surface area contributed by atoms with E-state index in [0.717, 1.165) is 17.5 Å². The lowest BCUT2D eigenvalue weighted by Gasteiger charge is -2.27. The number of aryl methyl sites for hydroxylation is 1. The van der Waals surface area contributed by atoms with Crippen molar-refractivity contribution in [2.24, 2.45) is 5.92 Å². The van der Waals surface area contributed by atoms with Gasteiger partial charge in [-0.15, -0.1) is 0 Å². The lowest BCUT2D eigenvalue weighted by molar-refractivity contribution is -0.138. The van der Waals surface area contributed by atoms with E-state index in [1.807, 2.05) is 6.92 Å². The third kappa shape index (κ3) is 3.57. The summed E-state index contributed by atoms with van der Waals surface area (Å²) in [5.41, 5.74) is 8.21. The van der Waals surface area contributed by atoms with Gasteiger partial charge >= 0.3 is 0 Å². The summed E-state index contributed by atoms with van der Waals surface area (Å²) in [6, 6.07) is 8.03. The Morgan fingerprint density at radius 1 is 1.26 bits per heavy atom. The molecule has 1 aromatic carbocycles. The molecule has 4 aromatic rings. The van der Waals surface area contributed by atoms with Gasteiger partial charge in [-0.2, -0.15) is 0 Å². The maximum atomic E-state index is 13.7. The fourth-order valence-corrected chi connectivity index (χ4v) is 5.72. The van der Waals surface area contributed by atoms with Crippen LogP contribution in [0.3, 0.4) is 0 Å². The van der Waals surface area contributed by atoms with Crippen LogP contribution >= 0.6 is 15.9 Å². The molecule has 11 heteroatoms. The van der Waals surface area contributed by atoms with Crippen molar-refractivity contribution in [3.63, 3.8) is 0 Å². The van der Waals surface area contributed by atoms with E-state index in [2.05, 4.69) is 36.2 Å². The number of phenols is 1. The van der Waals surface area contributed by atoms with E-state index in [0.29, 0.717) is 39.2 Å². The van der Waals surface area contributed by atoms with Crippen molar-refractivity contribution in [1.29, 1.82) is 0 Å². The summed E-state index contributed by atoms with van der Waals surface area (Å²) < 4.78 is 2.42. The predicted octanol–water partition coefficient (Wildman–Crippen LogP) is 2.97. The summed E-state index contributed by atoms with van der Waals surface area (Å²) in [5, 5.41) is 14.3. The molecule has 0 bridgehead atoms. The quantitative estimate of drug-likeness (QED) is 0.341. The van der Waals surface area contributed by atoms with Gasteiger partial charge in [0.2, 0.25) is 11.8 Å². The second-order valence-electron chi connectivity index (χ2n) is 9.15. The number of nitrogens with two attached hydrogens (primary N) is 1. The molecule has 3 aromatic heterocycles. The van der Waals surface area contributed by atoms with Gasteiger partial charge in [-0.05, 0) is 71.4 Å². The second kappa shape index (κ2) is 7.91. The molecular formula is C24H22BrN7O3. The minimum Gasteiger partial charge on any atom is -0.508 e. The Morgan fingerprint density at radius 2 is 2.09 bits per heavy atom. The number of phenolic OH excluding ortho intramolecular Hbond substituents is 1. The Balaban J connectivity index is 1.35. The topological polar surface area (TPSA) is 139 Å². The molecule has 10 nitrogen and oxygen atoms in total. The number of pyridine rings is 1. The average molecular weight is 536 g/mol. The number of likely N-dealkylation sites (tertiary alicyclic amines) is 1. The van der Waals surface area contributed by atoms with Crippen LogP contribution in [0.2, 0.25) is 0 Å². The second-order valence-corrected chi connectivity index (χ2v) is 9.97. The van der Waals surface area contributed by atoms with Crippen molar-refractivity contribution in [1.82, 2.24) is 24.4 Å². The molecule has 1 aliphatic heterocycles. The summed E-state index contributed by atoms with van der Waals surface area (Å²) in [5.74, 6) is 0.731. The smallest absolute Gasteiger partial charge is 0.248 e. The lowest BCUT2D eigenvalue weighted by Crippen LogP contribution is -2.46. The van der Waals surface area contributed by atoms with Gasteiger partial charge in [-0.25, -0.2) is 15.0 Å². The molecule has 1 saturated carbocycles. The molecule has 4 heterocycles. The van der Waals surface area contributed by atoms with Crippen LogP contribution in [0, 0.1) is 12.8 Å². The van der Waals surface area contributed by atoms with Crippen molar-refractivity contribution in [2.75, 3.05) is 11.1 Å². The zero-order valence-corrected chi connectivity index (χ0v) is 20.4. The highest BCUT2D eigenvalue weighted by Gasteiger charge is 2.56. The van der Waals surface area contributed by atoms with Crippen LogP contribution in [0.4, 0.5) is 11.6 Å². The predicted molar refractivity (Wildman–Crippen MR) is 134 cm³/mol. The highest BCUT2D eigenvalue weighted by molar-refractivity contribution is 9.10. The van der Waals surface area contributed by atoms with Crippen molar-refractivity contribution < 1.29 is 14.7 Å². The van der Waals surface area contributed by atoms with Gasteiger partial charge in [-0.3, -0.25) is 9.59 Å². The summed E-state index contributed by atoms with van der Waals surface area (Å²) >= 11 is 3.31. The Labute approximate surface area is 208 Å². The van der Waals surface area contributed by atoms with Crippen LogP contribution < -0.4 is 11.1 Å². The van der Waals surface area contributed by atoms with Gasteiger partial charge in [0.25, 0.3) is 0 Å². The number of carbonyl (C=O) groups is 2. The Bertz CT molecular complexity index is 1530. The van der Waals surface area contributed by atoms with E-state index in [-0.39, 0.29) is 36.0 Å². The molecule has 3 atom stereocenters. The molecule has 2 fully saturated rings. The molecule has 0 radical (unpaired) electrons. The number of nitrogen functional groups attached to an aromatic ring is 1. The number of hydrogen-bond donors (Lipinski definition) is 3. The molecule has 2 amide bonds. The fourth-order valence-electron chi connectivity index (χ4n) is 5.38. The minimum absolute atomic E-state index is 0.00972. The van der Waals surface area contributed by atoms with E-state index in [9.17, 15) is 14.7 Å². The summed E-state index contributed by atoms with van der Waals surface area (Å²) in [6.45, 7) is 1.85. The number of aromatic hydroxyl groups is 1.